The first kappa shape index (κ1) is 14.1. The number of hydrogen-bond donors (Lipinski definition) is 0. The number of carbonyl (C=O) groups excluding carboxylic acids is 1. The fourth-order valence-electron chi connectivity index (χ4n) is 3.33. The molecule has 4 rings (SSSR count). The van der Waals surface area contributed by atoms with Gasteiger partial charge in [-0.15, -0.1) is 11.3 Å². The molecule has 6 heteroatoms. The average Bonchev–Trinajstić information content (AvgIpc) is 3.24. The van der Waals surface area contributed by atoms with Gasteiger partial charge in [0.1, 0.15) is 11.6 Å². The molecule has 1 aliphatic carbocycles. The smallest absolute Gasteiger partial charge is 0.180 e. The Morgan fingerprint density at radius 2 is 2.26 bits per heavy atom. The van der Waals surface area contributed by atoms with E-state index in [4.69, 9.17) is 0 Å². The van der Waals surface area contributed by atoms with E-state index in [0.717, 1.165) is 35.8 Å². The van der Waals surface area contributed by atoms with Crippen LogP contribution in [0.2, 0.25) is 0 Å². The van der Waals surface area contributed by atoms with Gasteiger partial charge in [0, 0.05) is 43.2 Å². The van der Waals surface area contributed by atoms with Crippen LogP contribution < -0.4 is 0 Å². The maximum Gasteiger partial charge on any atom is 0.180 e. The predicted molar refractivity (Wildman–Crippen MR) is 86.5 cm³/mol. The Labute approximate surface area is 137 Å². The number of likely N-dealkylation sites (tertiary alicyclic amines) is 1. The highest BCUT2D eigenvalue weighted by Gasteiger charge is 2.34. The number of pyridine rings is 1. The van der Waals surface area contributed by atoms with Crippen molar-refractivity contribution in [3.8, 4) is 6.07 Å². The lowest BCUT2D eigenvalue weighted by Crippen LogP contribution is -2.27. The van der Waals surface area contributed by atoms with E-state index in [1.165, 1.54) is 0 Å². The van der Waals surface area contributed by atoms with Gasteiger partial charge in [0.05, 0.1) is 16.4 Å². The SMILES string of the molecule is N#CC1=C(N2CC[C@@H](c3nccs3)C2)c2ncccc2CC1=O. The number of nitrogens with zero attached hydrogens (tertiary/aromatic N) is 4. The lowest BCUT2D eigenvalue weighted by Gasteiger charge is -2.27. The molecule has 114 valence electrons. The first-order valence-electron chi connectivity index (χ1n) is 7.54. The second-order valence-electron chi connectivity index (χ2n) is 5.75. The first-order chi connectivity index (χ1) is 11.3. The van der Waals surface area contributed by atoms with Gasteiger partial charge in [-0.1, -0.05) is 6.07 Å². The van der Waals surface area contributed by atoms with Gasteiger partial charge in [-0.3, -0.25) is 9.78 Å². The topological polar surface area (TPSA) is 69.9 Å². The maximum atomic E-state index is 12.3. The van der Waals surface area contributed by atoms with Crippen LogP contribution in [0.3, 0.4) is 0 Å². The minimum Gasteiger partial charge on any atom is -0.368 e. The molecule has 0 unspecified atom stereocenters. The van der Waals surface area contributed by atoms with Crippen LogP contribution in [0.5, 0.6) is 0 Å². The molecule has 0 amide bonds. The third-order valence-corrected chi connectivity index (χ3v) is 5.34. The van der Waals surface area contributed by atoms with Crippen molar-refractivity contribution in [3.05, 3.63) is 51.7 Å². The summed E-state index contributed by atoms with van der Waals surface area (Å²) in [5, 5.41) is 12.6. The summed E-state index contributed by atoms with van der Waals surface area (Å²) in [6.07, 6.45) is 4.78. The van der Waals surface area contributed by atoms with Gasteiger partial charge in [0.25, 0.3) is 0 Å². The molecular formula is C17H14N4OS. The summed E-state index contributed by atoms with van der Waals surface area (Å²) >= 11 is 1.66. The van der Waals surface area contributed by atoms with E-state index in [9.17, 15) is 10.1 Å². The second-order valence-corrected chi connectivity index (χ2v) is 6.67. The van der Waals surface area contributed by atoms with Gasteiger partial charge in [-0.25, -0.2) is 4.98 Å². The van der Waals surface area contributed by atoms with E-state index >= 15 is 0 Å². The summed E-state index contributed by atoms with van der Waals surface area (Å²) in [7, 11) is 0. The Bertz CT molecular complexity index is 835. The summed E-state index contributed by atoms with van der Waals surface area (Å²) < 4.78 is 0. The summed E-state index contributed by atoms with van der Waals surface area (Å²) in [6, 6.07) is 5.86. The highest BCUT2D eigenvalue weighted by atomic mass is 32.1. The molecule has 3 heterocycles. The zero-order valence-corrected chi connectivity index (χ0v) is 13.2. The number of ketones is 1. The molecular weight excluding hydrogens is 308 g/mol. The molecule has 0 saturated carbocycles. The van der Waals surface area contributed by atoms with Crippen molar-refractivity contribution in [2.45, 2.75) is 18.8 Å². The number of fused-ring (bicyclic) bond motifs is 1. The van der Waals surface area contributed by atoms with E-state index in [-0.39, 0.29) is 17.8 Å². The number of rotatable bonds is 2. The van der Waals surface area contributed by atoms with Gasteiger partial charge < -0.3 is 4.90 Å². The van der Waals surface area contributed by atoms with Crippen molar-refractivity contribution in [3.63, 3.8) is 0 Å². The zero-order valence-electron chi connectivity index (χ0n) is 12.4. The molecule has 2 aliphatic rings. The summed E-state index contributed by atoms with van der Waals surface area (Å²) in [4.78, 5) is 23.3. The van der Waals surface area contributed by atoms with Crippen molar-refractivity contribution in [1.82, 2.24) is 14.9 Å². The number of allylic oxidation sites excluding steroid dienone is 1. The van der Waals surface area contributed by atoms with Gasteiger partial charge >= 0.3 is 0 Å². The van der Waals surface area contributed by atoms with E-state index in [1.54, 1.807) is 17.5 Å². The third kappa shape index (κ3) is 2.34. The first-order valence-corrected chi connectivity index (χ1v) is 8.42. The van der Waals surface area contributed by atoms with E-state index in [1.807, 2.05) is 23.7 Å². The van der Waals surface area contributed by atoms with Crippen LogP contribution in [0.15, 0.2) is 35.5 Å². The lowest BCUT2D eigenvalue weighted by molar-refractivity contribution is -0.114. The predicted octanol–water partition coefficient (Wildman–Crippen LogP) is 2.39. The number of carbonyl (C=O) groups is 1. The molecule has 1 atom stereocenters. The van der Waals surface area contributed by atoms with Crippen molar-refractivity contribution >= 4 is 22.8 Å². The highest BCUT2D eigenvalue weighted by molar-refractivity contribution is 7.09. The minimum absolute atomic E-state index is 0.110. The van der Waals surface area contributed by atoms with Crippen molar-refractivity contribution in [2.24, 2.45) is 0 Å². The number of nitriles is 1. The standard InChI is InChI=1S/C17H14N4OS/c18-9-13-14(22)8-11-2-1-4-19-15(11)16(13)21-6-3-12(10-21)17-20-5-7-23-17/h1-2,4-5,7,12H,3,6,8,10H2/t12-/m1/s1. The number of thiazole rings is 1. The molecule has 0 aromatic carbocycles. The van der Waals surface area contributed by atoms with Crippen LogP contribution in [-0.4, -0.2) is 33.7 Å². The summed E-state index contributed by atoms with van der Waals surface area (Å²) in [5.74, 6) is 0.243. The van der Waals surface area contributed by atoms with E-state index in [0.29, 0.717) is 11.6 Å². The molecule has 2 aromatic heterocycles. The minimum atomic E-state index is -0.110. The van der Waals surface area contributed by atoms with Gasteiger partial charge in [-0.05, 0) is 18.1 Å². The molecule has 0 N–H and O–H groups in total. The van der Waals surface area contributed by atoms with E-state index in [2.05, 4.69) is 20.9 Å². The molecule has 1 saturated heterocycles. The van der Waals surface area contributed by atoms with Gasteiger partial charge in [0.2, 0.25) is 0 Å². The average molecular weight is 322 g/mol. The Hall–Kier alpha value is -2.52. The van der Waals surface area contributed by atoms with Crippen LogP contribution in [0, 0.1) is 11.3 Å². The second kappa shape index (κ2) is 5.60. The zero-order chi connectivity index (χ0) is 15.8. The molecule has 0 radical (unpaired) electrons. The number of Topliss-reactive ketones (excluding diaryl/α,β-unsaturated/α-hetero) is 1. The molecule has 0 spiro atoms. The summed E-state index contributed by atoms with van der Waals surface area (Å²) in [5.41, 5.74) is 2.64. The number of hydrogen-bond acceptors (Lipinski definition) is 6. The van der Waals surface area contributed by atoms with Gasteiger partial charge in [0.15, 0.2) is 5.78 Å². The van der Waals surface area contributed by atoms with Crippen molar-refractivity contribution in [2.75, 3.05) is 13.1 Å². The lowest BCUT2D eigenvalue weighted by atomic mass is 9.92. The summed E-state index contributed by atoms with van der Waals surface area (Å²) in [6.45, 7) is 1.59. The Kier molecular flexibility index (Phi) is 3.43. The Morgan fingerprint density at radius 3 is 3.04 bits per heavy atom. The molecule has 1 aliphatic heterocycles. The molecule has 1 fully saturated rings. The fourth-order valence-corrected chi connectivity index (χ4v) is 4.10. The largest absolute Gasteiger partial charge is 0.368 e. The third-order valence-electron chi connectivity index (χ3n) is 4.40. The van der Waals surface area contributed by atoms with Crippen molar-refractivity contribution < 1.29 is 4.79 Å². The quantitative estimate of drug-likeness (QED) is 0.849. The van der Waals surface area contributed by atoms with Crippen LogP contribution in [0.1, 0.15) is 28.6 Å². The maximum absolute atomic E-state index is 12.3. The molecule has 5 nitrogen and oxygen atoms in total. The molecule has 23 heavy (non-hydrogen) atoms. The Balaban J connectivity index is 1.74. The van der Waals surface area contributed by atoms with Crippen molar-refractivity contribution in [1.29, 1.82) is 5.26 Å². The van der Waals surface area contributed by atoms with Crippen LogP contribution >= 0.6 is 11.3 Å². The number of aromatic nitrogens is 2. The fraction of sp³-hybridized carbons (Fsp3) is 0.294. The molecule has 0 bridgehead atoms. The monoisotopic (exact) mass is 322 g/mol. The van der Waals surface area contributed by atoms with E-state index < -0.39 is 0 Å². The van der Waals surface area contributed by atoms with Crippen LogP contribution in [0.25, 0.3) is 5.70 Å². The normalized spacial score (nSPS) is 20.6. The Morgan fingerprint density at radius 1 is 1.35 bits per heavy atom. The van der Waals surface area contributed by atoms with Crippen LogP contribution in [-0.2, 0) is 11.2 Å². The highest BCUT2D eigenvalue weighted by Crippen LogP contribution is 2.37. The van der Waals surface area contributed by atoms with Gasteiger partial charge in [-0.2, -0.15) is 5.26 Å². The molecule has 2 aromatic rings. The van der Waals surface area contributed by atoms with Crippen LogP contribution in [0.4, 0.5) is 0 Å².